The first kappa shape index (κ1) is 21.5. The summed E-state index contributed by atoms with van der Waals surface area (Å²) in [7, 11) is -5.45. The van der Waals surface area contributed by atoms with Crippen LogP contribution in [-0.4, -0.2) is 37.5 Å². The molecule has 12 heteroatoms. The van der Waals surface area contributed by atoms with Gasteiger partial charge in [0.15, 0.2) is 0 Å². The Labute approximate surface area is 148 Å². The van der Waals surface area contributed by atoms with Crippen LogP contribution in [-0.2, 0) is 21.4 Å². The van der Waals surface area contributed by atoms with Crippen molar-refractivity contribution >= 4 is 27.5 Å². The minimum Gasteiger partial charge on any atom is -0.490 e. The number of carbonyl (C=O) groups is 1. The predicted molar refractivity (Wildman–Crippen MR) is 84.5 cm³/mol. The number of ether oxygens (including phenoxy) is 1. The van der Waals surface area contributed by atoms with Gasteiger partial charge in [0.25, 0.3) is 0 Å². The SMILES string of the molecule is CCC(=O)NCc1cc(OC[C@H](C)NS(=O)(=O)C(F)(F)F)cnc1Cl. The third-order valence-corrected chi connectivity index (χ3v) is 4.51. The number of amides is 1. The largest absolute Gasteiger partial charge is 0.511 e. The van der Waals surface area contributed by atoms with Crippen LogP contribution in [0.25, 0.3) is 0 Å². The molecule has 2 N–H and O–H groups in total. The minimum absolute atomic E-state index is 0.103. The maximum absolute atomic E-state index is 12.3. The molecule has 0 aliphatic heterocycles. The fraction of sp³-hybridized carbons (Fsp3) is 0.538. The molecule has 1 atom stereocenters. The molecule has 0 radical (unpaired) electrons. The highest BCUT2D eigenvalue weighted by Crippen LogP contribution is 2.22. The van der Waals surface area contributed by atoms with Crippen LogP contribution in [0.4, 0.5) is 13.2 Å². The Hall–Kier alpha value is -1.59. The van der Waals surface area contributed by atoms with Crippen LogP contribution >= 0.6 is 11.6 Å². The van der Waals surface area contributed by atoms with E-state index in [0.29, 0.717) is 5.56 Å². The lowest BCUT2D eigenvalue weighted by Crippen LogP contribution is -2.43. The summed E-state index contributed by atoms with van der Waals surface area (Å²) in [5.74, 6) is -0.0271. The second-order valence-corrected chi connectivity index (χ2v) is 7.09. The smallest absolute Gasteiger partial charge is 0.490 e. The topological polar surface area (TPSA) is 97.4 Å². The van der Waals surface area contributed by atoms with E-state index in [2.05, 4.69) is 10.3 Å². The molecule has 1 aromatic heterocycles. The number of hydrogen-bond donors (Lipinski definition) is 2. The second-order valence-electron chi connectivity index (χ2n) is 5.03. The molecule has 1 heterocycles. The Morgan fingerprint density at radius 2 is 2.08 bits per heavy atom. The Kier molecular flexibility index (Phi) is 7.44. The molecule has 0 unspecified atom stereocenters. The number of aromatic nitrogens is 1. The standard InChI is InChI=1S/C13H17ClF3N3O4S/c1-3-11(21)18-5-9-4-10(6-19-12(9)14)24-7-8(2)20-25(22,23)13(15,16)17/h4,6,8,20H,3,5,7H2,1-2H3,(H,18,21)/t8-/m0/s1. The molecule has 1 rings (SSSR count). The first-order valence-corrected chi connectivity index (χ1v) is 8.95. The third kappa shape index (κ3) is 6.67. The van der Waals surface area contributed by atoms with Crippen LogP contribution in [0.1, 0.15) is 25.8 Å². The molecule has 0 aromatic carbocycles. The van der Waals surface area contributed by atoms with Gasteiger partial charge in [-0.05, 0) is 13.0 Å². The van der Waals surface area contributed by atoms with Gasteiger partial charge in [0.1, 0.15) is 17.5 Å². The van der Waals surface area contributed by atoms with Gasteiger partial charge in [-0.15, -0.1) is 0 Å². The van der Waals surface area contributed by atoms with Gasteiger partial charge in [-0.1, -0.05) is 18.5 Å². The van der Waals surface area contributed by atoms with Crippen LogP contribution in [0.2, 0.25) is 5.15 Å². The van der Waals surface area contributed by atoms with E-state index < -0.39 is 21.6 Å². The number of carbonyl (C=O) groups excluding carboxylic acids is 1. The first-order chi connectivity index (χ1) is 11.5. The summed E-state index contributed by atoms with van der Waals surface area (Å²) >= 11 is 5.89. The van der Waals surface area contributed by atoms with E-state index in [1.54, 1.807) is 6.92 Å². The van der Waals surface area contributed by atoms with E-state index >= 15 is 0 Å². The van der Waals surface area contributed by atoms with Crippen molar-refractivity contribution in [2.24, 2.45) is 0 Å². The Morgan fingerprint density at radius 3 is 2.64 bits per heavy atom. The van der Waals surface area contributed by atoms with Crippen LogP contribution in [0, 0.1) is 0 Å². The normalized spacial score (nSPS) is 13.4. The molecular formula is C13H17ClF3N3O4S. The van der Waals surface area contributed by atoms with E-state index in [1.165, 1.54) is 23.9 Å². The van der Waals surface area contributed by atoms with Crippen molar-refractivity contribution in [1.82, 2.24) is 15.0 Å². The molecule has 0 spiro atoms. The molecule has 1 amide bonds. The van der Waals surface area contributed by atoms with E-state index in [1.807, 2.05) is 0 Å². The lowest BCUT2D eigenvalue weighted by molar-refractivity contribution is -0.120. The second kappa shape index (κ2) is 8.68. The molecule has 7 nitrogen and oxygen atoms in total. The molecular weight excluding hydrogens is 387 g/mol. The zero-order chi connectivity index (χ0) is 19.3. The lowest BCUT2D eigenvalue weighted by Gasteiger charge is -2.16. The molecule has 0 aliphatic rings. The van der Waals surface area contributed by atoms with E-state index in [4.69, 9.17) is 16.3 Å². The summed E-state index contributed by atoms with van der Waals surface area (Å²) < 4.78 is 65.5. The van der Waals surface area contributed by atoms with Crippen molar-refractivity contribution < 1.29 is 31.1 Å². The molecule has 25 heavy (non-hydrogen) atoms. The molecule has 0 aliphatic carbocycles. The highest BCUT2D eigenvalue weighted by atomic mass is 35.5. The van der Waals surface area contributed by atoms with Crippen molar-refractivity contribution in [2.75, 3.05) is 6.61 Å². The lowest BCUT2D eigenvalue weighted by atomic mass is 10.2. The monoisotopic (exact) mass is 403 g/mol. The number of pyridine rings is 1. The highest BCUT2D eigenvalue weighted by Gasteiger charge is 2.46. The minimum atomic E-state index is -5.45. The summed E-state index contributed by atoms with van der Waals surface area (Å²) in [6.07, 6.45) is 1.52. The average Bonchev–Trinajstić information content (AvgIpc) is 2.50. The van der Waals surface area contributed by atoms with Crippen molar-refractivity contribution in [3.05, 3.63) is 23.0 Å². The van der Waals surface area contributed by atoms with Crippen molar-refractivity contribution in [2.45, 2.75) is 38.4 Å². The fourth-order valence-corrected chi connectivity index (χ4v) is 2.48. The van der Waals surface area contributed by atoms with Gasteiger partial charge in [0.05, 0.1) is 12.2 Å². The third-order valence-electron chi connectivity index (χ3n) is 2.84. The summed E-state index contributed by atoms with van der Waals surface area (Å²) in [6, 6.07) is 0.321. The van der Waals surface area contributed by atoms with Gasteiger partial charge in [0, 0.05) is 18.5 Å². The molecule has 1 aromatic rings. The number of hydrogen-bond acceptors (Lipinski definition) is 5. The van der Waals surface area contributed by atoms with E-state index in [9.17, 15) is 26.4 Å². The highest BCUT2D eigenvalue weighted by molar-refractivity contribution is 7.90. The summed E-state index contributed by atoms with van der Waals surface area (Å²) in [5, 5.41) is 2.73. The number of alkyl halides is 3. The fourth-order valence-electron chi connectivity index (χ4n) is 1.58. The summed E-state index contributed by atoms with van der Waals surface area (Å²) in [4.78, 5) is 15.1. The van der Waals surface area contributed by atoms with Crippen molar-refractivity contribution in [3.8, 4) is 5.75 Å². The summed E-state index contributed by atoms with van der Waals surface area (Å²) in [6.45, 7) is 2.64. The van der Waals surface area contributed by atoms with Gasteiger partial charge in [0.2, 0.25) is 5.91 Å². The summed E-state index contributed by atoms with van der Waals surface area (Å²) in [5.41, 5.74) is -4.95. The van der Waals surface area contributed by atoms with Crippen molar-refractivity contribution in [1.29, 1.82) is 0 Å². The first-order valence-electron chi connectivity index (χ1n) is 7.08. The zero-order valence-electron chi connectivity index (χ0n) is 13.4. The van der Waals surface area contributed by atoms with Gasteiger partial charge in [-0.3, -0.25) is 4.79 Å². The zero-order valence-corrected chi connectivity index (χ0v) is 14.9. The predicted octanol–water partition coefficient (Wildman–Crippen LogP) is 1.97. The van der Waals surface area contributed by atoms with Crippen LogP contribution in [0.5, 0.6) is 5.75 Å². The molecule has 0 saturated carbocycles. The van der Waals surface area contributed by atoms with Gasteiger partial charge in [-0.25, -0.2) is 18.1 Å². The Balaban J connectivity index is 2.67. The van der Waals surface area contributed by atoms with Gasteiger partial charge < -0.3 is 10.1 Å². The number of nitrogens with zero attached hydrogens (tertiary/aromatic N) is 1. The Morgan fingerprint density at radius 1 is 1.44 bits per heavy atom. The van der Waals surface area contributed by atoms with Crippen molar-refractivity contribution in [3.63, 3.8) is 0 Å². The number of halogens is 4. The molecule has 0 bridgehead atoms. The van der Waals surface area contributed by atoms with Gasteiger partial charge in [-0.2, -0.15) is 13.2 Å². The average molecular weight is 404 g/mol. The quantitative estimate of drug-likeness (QED) is 0.647. The maximum Gasteiger partial charge on any atom is 0.511 e. The van der Waals surface area contributed by atoms with Gasteiger partial charge >= 0.3 is 15.5 Å². The number of nitrogens with one attached hydrogen (secondary N) is 2. The van der Waals surface area contributed by atoms with E-state index in [-0.39, 0.29) is 36.4 Å². The van der Waals surface area contributed by atoms with Crippen LogP contribution in [0.3, 0.4) is 0 Å². The molecule has 0 saturated heterocycles. The van der Waals surface area contributed by atoms with Crippen LogP contribution < -0.4 is 14.8 Å². The Bertz CT molecular complexity index is 713. The molecule has 0 fully saturated rings. The maximum atomic E-state index is 12.3. The molecule has 142 valence electrons. The number of rotatable bonds is 8. The van der Waals surface area contributed by atoms with Crippen LogP contribution in [0.15, 0.2) is 12.3 Å². The number of sulfonamides is 1. The van der Waals surface area contributed by atoms with E-state index in [0.717, 1.165) is 0 Å².